The van der Waals surface area contributed by atoms with Gasteiger partial charge in [-0.15, -0.1) is 0 Å². The van der Waals surface area contributed by atoms with Crippen LogP contribution in [0.4, 0.5) is 4.39 Å². The van der Waals surface area contributed by atoms with Gasteiger partial charge in [0.05, 0.1) is 13.5 Å². The molecule has 0 aliphatic heterocycles. The summed E-state index contributed by atoms with van der Waals surface area (Å²) in [4.78, 5) is 10.8. The van der Waals surface area contributed by atoms with Crippen LogP contribution in [-0.2, 0) is 16.0 Å². The van der Waals surface area contributed by atoms with E-state index in [4.69, 9.17) is 0 Å². The molecule has 0 saturated heterocycles. The van der Waals surface area contributed by atoms with Crippen LogP contribution in [0.2, 0.25) is 0 Å². The Hall–Kier alpha value is -0.940. The summed E-state index contributed by atoms with van der Waals surface area (Å²) >= 11 is 3.30. The Labute approximate surface area is 108 Å². The number of carbonyl (C=O) groups excluding carboxylic acids is 1. The zero-order valence-corrected chi connectivity index (χ0v) is 11.2. The minimum Gasteiger partial charge on any atom is -0.469 e. The van der Waals surface area contributed by atoms with Crippen molar-refractivity contribution >= 4 is 21.9 Å². The summed E-state index contributed by atoms with van der Waals surface area (Å²) in [6.07, 6.45) is 0.921. The van der Waals surface area contributed by atoms with E-state index in [2.05, 4.69) is 26.0 Å². The van der Waals surface area contributed by atoms with E-state index in [1.165, 1.54) is 13.2 Å². The highest BCUT2D eigenvalue weighted by Crippen LogP contribution is 2.15. The summed E-state index contributed by atoms with van der Waals surface area (Å²) in [5.41, 5.74) is 0.657. The third-order valence-electron chi connectivity index (χ3n) is 2.31. The fraction of sp³-hybridized carbons (Fsp3) is 0.417. The Morgan fingerprint density at radius 2 is 2.24 bits per heavy atom. The number of nitrogens with one attached hydrogen (secondary N) is 1. The van der Waals surface area contributed by atoms with Crippen LogP contribution in [0.25, 0.3) is 0 Å². The van der Waals surface area contributed by atoms with Gasteiger partial charge in [0.1, 0.15) is 5.82 Å². The van der Waals surface area contributed by atoms with E-state index in [1.54, 1.807) is 12.1 Å². The molecule has 5 heteroatoms. The van der Waals surface area contributed by atoms with Gasteiger partial charge in [0.25, 0.3) is 0 Å². The Balaban J connectivity index is 2.26. The molecule has 0 amide bonds. The first-order valence-corrected chi connectivity index (χ1v) is 6.14. The van der Waals surface area contributed by atoms with E-state index >= 15 is 0 Å². The van der Waals surface area contributed by atoms with Crippen molar-refractivity contribution in [2.45, 2.75) is 12.8 Å². The number of methoxy groups -OCH3 is 1. The first-order chi connectivity index (χ1) is 8.13. The molecule has 0 saturated carbocycles. The smallest absolute Gasteiger partial charge is 0.306 e. The second-order valence-electron chi connectivity index (χ2n) is 3.56. The van der Waals surface area contributed by atoms with Crippen LogP contribution in [0.1, 0.15) is 12.0 Å². The molecule has 3 nitrogen and oxygen atoms in total. The molecule has 0 spiro atoms. The number of hydrogen-bond donors (Lipinski definition) is 1. The van der Waals surface area contributed by atoms with Crippen LogP contribution in [0.15, 0.2) is 22.7 Å². The van der Waals surface area contributed by atoms with Crippen LogP contribution in [0.5, 0.6) is 0 Å². The van der Waals surface area contributed by atoms with E-state index in [9.17, 15) is 9.18 Å². The van der Waals surface area contributed by atoms with Crippen molar-refractivity contribution in [2.24, 2.45) is 0 Å². The first-order valence-electron chi connectivity index (χ1n) is 5.35. The molecule has 94 valence electrons. The molecule has 0 atom stereocenters. The number of rotatable bonds is 6. The largest absolute Gasteiger partial charge is 0.469 e. The van der Waals surface area contributed by atoms with E-state index in [1.807, 2.05) is 0 Å². The number of carbonyl (C=O) groups is 1. The minimum absolute atomic E-state index is 0.206. The van der Waals surface area contributed by atoms with Crippen LogP contribution in [0, 0.1) is 5.82 Å². The van der Waals surface area contributed by atoms with Crippen molar-refractivity contribution in [1.29, 1.82) is 0 Å². The lowest BCUT2D eigenvalue weighted by Crippen LogP contribution is -2.21. The third kappa shape index (κ3) is 5.28. The maximum atomic E-state index is 13.3. The van der Waals surface area contributed by atoms with Gasteiger partial charge in [-0.3, -0.25) is 4.79 Å². The summed E-state index contributed by atoms with van der Waals surface area (Å²) in [6.45, 7) is 1.17. The maximum Gasteiger partial charge on any atom is 0.306 e. The molecular formula is C12H15BrFNO2. The van der Waals surface area contributed by atoms with Gasteiger partial charge in [0, 0.05) is 11.0 Å². The van der Waals surface area contributed by atoms with Crippen LogP contribution < -0.4 is 5.32 Å². The van der Waals surface area contributed by atoms with Gasteiger partial charge in [-0.05, 0) is 36.7 Å². The Kier molecular flexibility index (Phi) is 6.15. The van der Waals surface area contributed by atoms with Gasteiger partial charge in [0.2, 0.25) is 0 Å². The average molecular weight is 304 g/mol. The number of hydrogen-bond acceptors (Lipinski definition) is 3. The number of halogens is 2. The van der Waals surface area contributed by atoms with Crippen molar-refractivity contribution < 1.29 is 13.9 Å². The standard InChI is InChI=1S/C12H15BrFNO2/c1-17-12(16)5-7-15-6-4-9-8-10(13)2-3-11(9)14/h2-3,8,15H,4-7H2,1H3. The molecule has 1 aromatic carbocycles. The molecule has 0 unspecified atom stereocenters. The van der Waals surface area contributed by atoms with Crippen LogP contribution in [-0.4, -0.2) is 26.2 Å². The number of esters is 1. The van der Waals surface area contributed by atoms with Gasteiger partial charge in [0.15, 0.2) is 0 Å². The van der Waals surface area contributed by atoms with Gasteiger partial charge >= 0.3 is 5.97 Å². The van der Waals surface area contributed by atoms with Crippen molar-refractivity contribution in [1.82, 2.24) is 5.32 Å². The van der Waals surface area contributed by atoms with E-state index in [0.29, 0.717) is 31.5 Å². The molecular weight excluding hydrogens is 289 g/mol. The molecule has 0 bridgehead atoms. The molecule has 0 radical (unpaired) electrons. The number of ether oxygens (including phenoxy) is 1. The third-order valence-corrected chi connectivity index (χ3v) is 2.81. The van der Waals surface area contributed by atoms with E-state index in [-0.39, 0.29) is 11.8 Å². The van der Waals surface area contributed by atoms with Gasteiger partial charge in [-0.2, -0.15) is 0 Å². The highest BCUT2D eigenvalue weighted by Gasteiger charge is 2.03. The molecule has 0 aliphatic rings. The molecule has 0 aliphatic carbocycles. The SMILES string of the molecule is COC(=O)CCNCCc1cc(Br)ccc1F. The maximum absolute atomic E-state index is 13.3. The van der Waals surface area contributed by atoms with Crippen molar-refractivity contribution in [3.05, 3.63) is 34.1 Å². The minimum atomic E-state index is -0.244. The Bertz CT molecular complexity index is 385. The molecule has 1 aromatic rings. The molecule has 0 heterocycles. The van der Waals surface area contributed by atoms with Crippen molar-refractivity contribution in [2.75, 3.05) is 20.2 Å². The van der Waals surface area contributed by atoms with Gasteiger partial charge in [-0.25, -0.2) is 4.39 Å². The monoisotopic (exact) mass is 303 g/mol. The summed E-state index contributed by atoms with van der Waals surface area (Å²) < 4.78 is 18.7. The normalized spacial score (nSPS) is 10.3. The van der Waals surface area contributed by atoms with Crippen molar-refractivity contribution in [3.8, 4) is 0 Å². The lowest BCUT2D eigenvalue weighted by atomic mass is 10.1. The fourth-order valence-corrected chi connectivity index (χ4v) is 1.78. The van der Waals surface area contributed by atoms with E-state index < -0.39 is 0 Å². The van der Waals surface area contributed by atoms with Crippen LogP contribution >= 0.6 is 15.9 Å². The highest BCUT2D eigenvalue weighted by molar-refractivity contribution is 9.10. The lowest BCUT2D eigenvalue weighted by molar-refractivity contribution is -0.140. The number of benzene rings is 1. The van der Waals surface area contributed by atoms with Crippen LogP contribution in [0.3, 0.4) is 0 Å². The molecule has 1 rings (SSSR count). The molecule has 0 aromatic heterocycles. The zero-order valence-electron chi connectivity index (χ0n) is 9.63. The average Bonchev–Trinajstić information content (AvgIpc) is 2.32. The summed E-state index contributed by atoms with van der Waals surface area (Å²) in [5.74, 6) is -0.450. The first kappa shape index (κ1) is 14.1. The second kappa shape index (κ2) is 7.40. The summed E-state index contributed by atoms with van der Waals surface area (Å²) in [6, 6.07) is 4.87. The Morgan fingerprint density at radius 1 is 1.47 bits per heavy atom. The van der Waals surface area contributed by atoms with E-state index in [0.717, 1.165) is 4.47 Å². The van der Waals surface area contributed by atoms with Gasteiger partial charge in [-0.1, -0.05) is 15.9 Å². The quantitative estimate of drug-likeness (QED) is 0.647. The molecule has 17 heavy (non-hydrogen) atoms. The topological polar surface area (TPSA) is 38.3 Å². The van der Waals surface area contributed by atoms with Gasteiger partial charge < -0.3 is 10.1 Å². The predicted molar refractivity (Wildman–Crippen MR) is 67.3 cm³/mol. The predicted octanol–water partition coefficient (Wildman–Crippen LogP) is 2.28. The molecule has 0 fully saturated rings. The zero-order chi connectivity index (χ0) is 12.7. The summed E-state index contributed by atoms with van der Waals surface area (Å²) in [7, 11) is 1.36. The molecule has 1 N–H and O–H groups in total. The summed E-state index contributed by atoms with van der Waals surface area (Å²) in [5, 5.41) is 3.06. The lowest BCUT2D eigenvalue weighted by Gasteiger charge is -2.05. The second-order valence-corrected chi connectivity index (χ2v) is 4.48. The van der Waals surface area contributed by atoms with Crippen molar-refractivity contribution in [3.63, 3.8) is 0 Å². The fourth-order valence-electron chi connectivity index (χ4n) is 1.38. The Morgan fingerprint density at radius 3 is 2.94 bits per heavy atom. The highest BCUT2D eigenvalue weighted by atomic mass is 79.9.